The molecule has 4 rings (SSSR count). The Morgan fingerprint density at radius 1 is 1.16 bits per heavy atom. The maximum atomic E-state index is 13.1. The van der Waals surface area contributed by atoms with Crippen LogP contribution in [0, 0.1) is 5.82 Å². The van der Waals surface area contributed by atoms with Gasteiger partial charge in [0.15, 0.2) is 6.61 Å². The van der Waals surface area contributed by atoms with Gasteiger partial charge in [-0.05, 0) is 69.2 Å². The molecule has 1 N–H and O–H groups in total. The fourth-order valence-electron chi connectivity index (χ4n) is 4.66. The van der Waals surface area contributed by atoms with Crippen molar-refractivity contribution in [2.24, 2.45) is 0 Å². The number of fused-ring (bicyclic) bond motifs is 2. The SMILES string of the molecule is CC(C)(O)c1cc(Cl)ccc1OCC(=O)N1[C@@H]2CC[C@H]1CC(Oc1ccc(F)cc1)C2. The third-order valence-corrected chi connectivity index (χ3v) is 6.28. The smallest absolute Gasteiger partial charge is 0.261 e. The zero-order valence-electron chi connectivity index (χ0n) is 17.7. The Labute approximate surface area is 186 Å². The molecule has 2 aromatic rings. The summed E-state index contributed by atoms with van der Waals surface area (Å²) in [6, 6.07) is 11.3. The summed E-state index contributed by atoms with van der Waals surface area (Å²) in [4.78, 5) is 14.9. The number of aliphatic hydroxyl groups is 1. The van der Waals surface area contributed by atoms with Crippen molar-refractivity contribution in [1.29, 1.82) is 0 Å². The van der Waals surface area contributed by atoms with Crippen molar-refractivity contribution < 1.29 is 23.8 Å². The van der Waals surface area contributed by atoms with E-state index in [1.165, 1.54) is 12.1 Å². The highest BCUT2D eigenvalue weighted by Crippen LogP contribution is 2.38. The summed E-state index contributed by atoms with van der Waals surface area (Å²) >= 11 is 6.06. The summed E-state index contributed by atoms with van der Waals surface area (Å²) in [5.41, 5.74) is -0.597. The summed E-state index contributed by atoms with van der Waals surface area (Å²) in [7, 11) is 0. The molecule has 2 aromatic carbocycles. The van der Waals surface area contributed by atoms with Crippen molar-refractivity contribution >= 4 is 17.5 Å². The monoisotopic (exact) mass is 447 g/mol. The van der Waals surface area contributed by atoms with Gasteiger partial charge in [-0.25, -0.2) is 4.39 Å². The molecule has 0 aromatic heterocycles. The number of benzene rings is 2. The summed E-state index contributed by atoms with van der Waals surface area (Å²) in [6.45, 7) is 3.21. The van der Waals surface area contributed by atoms with E-state index in [1.807, 2.05) is 4.90 Å². The fourth-order valence-corrected chi connectivity index (χ4v) is 4.83. The van der Waals surface area contributed by atoms with E-state index in [-0.39, 0.29) is 36.5 Å². The molecule has 2 aliphatic rings. The minimum atomic E-state index is -1.14. The van der Waals surface area contributed by atoms with Crippen molar-refractivity contribution in [1.82, 2.24) is 4.90 Å². The lowest BCUT2D eigenvalue weighted by atomic mass is 9.97. The molecule has 0 radical (unpaired) electrons. The fraction of sp³-hybridized carbons (Fsp3) is 0.458. The number of hydrogen-bond acceptors (Lipinski definition) is 4. The summed E-state index contributed by atoms with van der Waals surface area (Å²) in [5, 5.41) is 10.9. The highest BCUT2D eigenvalue weighted by atomic mass is 35.5. The van der Waals surface area contributed by atoms with E-state index < -0.39 is 5.60 Å². The molecule has 7 heteroatoms. The van der Waals surface area contributed by atoms with Crippen LogP contribution >= 0.6 is 11.6 Å². The molecule has 2 saturated heterocycles. The third kappa shape index (κ3) is 4.96. The van der Waals surface area contributed by atoms with Crippen LogP contribution in [0.5, 0.6) is 11.5 Å². The van der Waals surface area contributed by atoms with Crippen molar-refractivity contribution in [2.75, 3.05) is 6.61 Å². The molecule has 2 aliphatic heterocycles. The third-order valence-electron chi connectivity index (χ3n) is 6.05. The van der Waals surface area contributed by atoms with E-state index in [1.54, 1.807) is 44.2 Å². The number of ether oxygens (including phenoxy) is 2. The Hall–Kier alpha value is -2.31. The summed E-state index contributed by atoms with van der Waals surface area (Å²) < 4.78 is 25.0. The van der Waals surface area contributed by atoms with Gasteiger partial charge in [-0.15, -0.1) is 0 Å². The lowest BCUT2D eigenvalue weighted by molar-refractivity contribution is -0.139. The molecule has 1 unspecified atom stereocenters. The minimum Gasteiger partial charge on any atom is -0.490 e. The highest BCUT2D eigenvalue weighted by Gasteiger charge is 2.44. The minimum absolute atomic E-state index is 0.00554. The first-order chi connectivity index (χ1) is 14.7. The van der Waals surface area contributed by atoms with Gasteiger partial charge in [0.05, 0.1) is 5.60 Å². The Bertz CT molecular complexity index is 930. The van der Waals surface area contributed by atoms with Crippen LogP contribution < -0.4 is 9.47 Å². The Morgan fingerprint density at radius 2 is 1.81 bits per heavy atom. The molecule has 2 fully saturated rings. The maximum Gasteiger partial charge on any atom is 0.261 e. The molecule has 1 amide bonds. The molecule has 166 valence electrons. The molecule has 2 heterocycles. The van der Waals surface area contributed by atoms with Crippen molar-refractivity contribution in [3.8, 4) is 11.5 Å². The van der Waals surface area contributed by atoms with E-state index in [4.69, 9.17) is 21.1 Å². The van der Waals surface area contributed by atoms with Gasteiger partial charge in [-0.3, -0.25) is 4.79 Å². The van der Waals surface area contributed by atoms with E-state index in [9.17, 15) is 14.3 Å². The molecule has 0 aliphatic carbocycles. The lowest BCUT2D eigenvalue weighted by Crippen LogP contribution is -2.50. The van der Waals surface area contributed by atoms with E-state index in [2.05, 4.69) is 0 Å². The first-order valence-corrected chi connectivity index (χ1v) is 11.0. The Kier molecular flexibility index (Phi) is 6.13. The van der Waals surface area contributed by atoms with E-state index in [0.29, 0.717) is 22.1 Å². The number of carbonyl (C=O) groups is 1. The normalized spacial score (nSPS) is 23.0. The topological polar surface area (TPSA) is 59.0 Å². The summed E-state index contributed by atoms with van der Waals surface area (Å²) in [6.07, 6.45) is 3.38. The number of halogens is 2. The second-order valence-corrected chi connectivity index (χ2v) is 9.28. The molecule has 5 nitrogen and oxygen atoms in total. The van der Waals surface area contributed by atoms with Gasteiger partial charge in [-0.2, -0.15) is 0 Å². The van der Waals surface area contributed by atoms with Gasteiger partial charge in [0, 0.05) is 35.5 Å². The number of amides is 1. The van der Waals surface area contributed by atoms with Gasteiger partial charge in [0.25, 0.3) is 5.91 Å². The molecule has 0 spiro atoms. The zero-order valence-corrected chi connectivity index (χ0v) is 18.4. The molecular formula is C24H27ClFNO4. The van der Waals surface area contributed by atoms with Crippen LogP contribution in [0.4, 0.5) is 4.39 Å². The molecule has 31 heavy (non-hydrogen) atoms. The first kappa shape index (κ1) is 21.9. The number of piperidine rings is 1. The van der Waals surface area contributed by atoms with Gasteiger partial charge >= 0.3 is 0 Å². The predicted octanol–water partition coefficient (Wildman–Crippen LogP) is 4.69. The van der Waals surface area contributed by atoms with Crippen LogP contribution in [0.25, 0.3) is 0 Å². The van der Waals surface area contributed by atoms with Crippen molar-refractivity contribution in [2.45, 2.75) is 63.3 Å². The molecule has 2 bridgehead atoms. The second kappa shape index (κ2) is 8.67. The highest BCUT2D eigenvalue weighted by molar-refractivity contribution is 6.30. The number of hydrogen-bond donors (Lipinski definition) is 1. The predicted molar refractivity (Wildman–Crippen MR) is 116 cm³/mol. The average Bonchev–Trinajstić information content (AvgIpc) is 2.98. The van der Waals surface area contributed by atoms with Crippen LogP contribution in [0.1, 0.15) is 45.1 Å². The number of carbonyl (C=O) groups excluding carboxylic acids is 1. The van der Waals surface area contributed by atoms with Gasteiger partial charge < -0.3 is 19.5 Å². The standard InChI is InChI=1S/C24H27ClFNO4/c1-24(2,29)21-11-15(25)3-10-22(21)30-14-23(28)27-17-6-7-18(27)13-20(12-17)31-19-8-4-16(26)5-9-19/h3-5,8-11,17-18,20,29H,6-7,12-14H2,1-2H3/t17-,18+,20?. The van der Waals surface area contributed by atoms with Crippen LogP contribution in [-0.2, 0) is 10.4 Å². The van der Waals surface area contributed by atoms with Gasteiger partial charge in [0.1, 0.15) is 23.4 Å². The molecular weight excluding hydrogens is 421 g/mol. The molecule has 3 atom stereocenters. The first-order valence-electron chi connectivity index (χ1n) is 10.6. The molecule has 0 saturated carbocycles. The van der Waals surface area contributed by atoms with Gasteiger partial charge in [-0.1, -0.05) is 11.6 Å². The van der Waals surface area contributed by atoms with Crippen LogP contribution in [0.2, 0.25) is 5.02 Å². The van der Waals surface area contributed by atoms with E-state index >= 15 is 0 Å². The van der Waals surface area contributed by atoms with Crippen LogP contribution in [0.15, 0.2) is 42.5 Å². The largest absolute Gasteiger partial charge is 0.490 e. The lowest BCUT2D eigenvalue weighted by Gasteiger charge is -2.39. The number of rotatable bonds is 6. The maximum absolute atomic E-state index is 13.1. The van der Waals surface area contributed by atoms with Crippen molar-refractivity contribution in [3.63, 3.8) is 0 Å². The second-order valence-electron chi connectivity index (χ2n) is 8.84. The van der Waals surface area contributed by atoms with Crippen molar-refractivity contribution in [3.05, 3.63) is 58.9 Å². The van der Waals surface area contributed by atoms with Crippen LogP contribution in [-0.4, -0.2) is 40.7 Å². The Balaban J connectivity index is 1.38. The van der Waals surface area contributed by atoms with E-state index in [0.717, 1.165) is 25.7 Å². The quantitative estimate of drug-likeness (QED) is 0.698. The summed E-state index contributed by atoms with van der Waals surface area (Å²) in [5.74, 6) is 0.744. The number of nitrogens with zero attached hydrogens (tertiary/aromatic N) is 1. The average molecular weight is 448 g/mol. The van der Waals surface area contributed by atoms with Gasteiger partial charge in [0.2, 0.25) is 0 Å². The van der Waals surface area contributed by atoms with Crippen LogP contribution in [0.3, 0.4) is 0 Å². The zero-order chi connectivity index (χ0) is 22.2. The Morgan fingerprint density at radius 3 is 2.42 bits per heavy atom.